The summed E-state index contributed by atoms with van der Waals surface area (Å²) >= 11 is 3.46. The van der Waals surface area contributed by atoms with E-state index in [1.807, 2.05) is 6.20 Å². The van der Waals surface area contributed by atoms with Crippen LogP contribution in [0, 0.1) is 23.7 Å². The first-order chi connectivity index (χ1) is 9.60. The van der Waals surface area contributed by atoms with Gasteiger partial charge in [0.1, 0.15) is 0 Å². The van der Waals surface area contributed by atoms with E-state index in [2.05, 4.69) is 59.3 Å². The molecular formula is C17H27BrN2. The molecule has 20 heavy (non-hydrogen) atoms. The molecule has 1 saturated carbocycles. The molecule has 3 unspecified atom stereocenters. The van der Waals surface area contributed by atoms with Crippen molar-refractivity contribution in [3.8, 4) is 0 Å². The van der Waals surface area contributed by atoms with Crippen molar-refractivity contribution in [3.05, 3.63) is 28.5 Å². The topological polar surface area (TPSA) is 24.9 Å². The van der Waals surface area contributed by atoms with E-state index < -0.39 is 0 Å². The Hall–Kier alpha value is -0.410. The zero-order valence-electron chi connectivity index (χ0n) is 12.9. The third-order valence-corrected chi connectivity index (χ3v) is 5.32. The Morgan fingerprint density at radius 3 is 2.70 bits per heavy atom. The lowest BCUT2D eigenvalue weighted by Crippen LogP contribution is -2.34. The van der Waals surface area contributed by atoms with Crippen molar-refractivity contribution >= 4 is 15.9 Å². The van der Waals surface area contributed by atoms with E-state index in [4.69, 9.17) is 0 Å². The van der Waals surface area contributed by atoms with Gasteiger partial charge in [0.2, 0.25) is 0 Å². The van der Waals surface area contributed by atoms with E-state index >= 15 is 0 Å². The second kappa shape index (κ2) is 7.56. The lowest BCUT2D eigenvalue weighted by molar-refractivity contribution is 0.145. The summed E-state index contributed by atoms with van der Waals surface area (Å²) in [6.45, 7) is 5.89. The fourth-order valence-electron chi connectivity index (χ4n) is 3.55. The van der Waals surface area contributed by atoms with E-state index in [0.717, 1.165) is 41.1 Å². The molecule has 1 aliphatic carbocycles. The monoisotopic (exact) mass is 338 g/mol. The summed E-state index contributed by atoms with van der Waals surface area (Å²) in [6.07, 6.45) is 7.18. The highest BCUT2D eigenvalue weighted by molar-refractivity contribution is 9.10. The Bertz CT molecular complexity index is 402. The van der Waals surface area contributed by atoms with Gasteiger partial charge in [0, 0.05) is 16.4 Å². The number of nitrogens with one attached hydrogen (secondary N) is 1. The number of nitrogens with zero attached hydrogens (tertiary/aromatic N) is 1. The van der Waals surface area contributed by atoms with Crippen molar-refractivity contribution in [2.24, 2.45) is 23.7 Å². The van der Waals surface area contributed by atoms with Crippen LogP contribution >= 0.6 is 15.9 Å². The van der Waals surface area contributed by atoms with Crippen LogP contribution in [0.5, 0.6) is 0 Å². The van der Waals surface area contributed by atoms with Crippen LogP contribution in [0.4, 0.5) is 0 Å². The molecule has 1 aliphatic rings. The molecule has 2 rings (SSSR count). The van der Waals surface area contributed by atoms with Gasteiger partial charge in [-0.1, -0.05) is 13.8 Å². The maximum absolute atomic E-state index is 4.57. The molecule has 0 amide bonds. The smallest absolute Gasteiger partial charge is 0.0413 e. The van der Waals surface area contributed by atoms with Gasteiger partial charge in [-0.2, -0.15) is 0 Å². The first-order valence-electron chi connectivity index (χ1n) is 7.85. The number of rotatable bonds is 5. The molecule has 1 N–H and O–H groups in total. The summed E-state index contributed by atoms with van der Waals surface area (Å²) in [5.74, 6) is 3.28. The summed E-state index contributed by atoms with van der Waals surface area (Å²) < 4.78 is 1.07. The quantitative estimate of drug-likeness (QED) is 0.865. The van der Waals surface area contributed by atoms with Crippen LogP contribution in [-0.4, -0.2) is 18.6 Å². The molecule has 0 radical (unpaired) electrons. The van der Waals surface area contributed by atoms with Crippen LogP contribution in [0.15, 0.2) is 22.8 Å². The average molecular weight is 339 g/mol. The Morgan fingerprint density at radius 2 is 2.10 bits per heavy atom. The van der Waals surface area contributed by atoms with Crippen LogP contribution in [0.25, 0.3) is 0 Å². The maximum atomic E-state index is 4.57. The van der Waals surface area contributed by atoms with Crippen LogP contribution in [-0.2, 0) is 6.42 Å². The minimum atomic E-state index is 0.775. The van der Waals surface area contributed by atoms with Crippen LogP contribution in [0.2, 0.25) is 0 Å². The minimum absolute atomic E-state index is 0.775. The highest BCUT2D eigenvalue weighted by Gasteiger charge is 2.31. The molecular weight excluding hydrogens is 312 g/mol. The molecule has 1 aromatic heterocycles. The average Bonchev–Trinajstić information content (AvgIpc) is 2.43. The largest absolute Gasteiger partial charge is 0.319 e. The van der Waals surface area contributed by atoms with Crippen molar-refractivity contribution in [1.82, 2.24) is 10.3 Å². The van der Waals surface area contributed by atoms with Gasteiger partial charge in [-0.05, 0) is 91.0 Å². The first-order valence-corrected chi connectivity index (χ1v) is 8.64. The van der Waals surface area contributed by atoms with Crippen LogP contribution < -0.4 is 5.32 Å². The van der Waals surface area contributed by atoms with E-state index in [1.165, 1.54) is 25.0 Å². The lowest BCUT2D eigenvalue weighted by Gasteiger charge is -2.38. The van der Waals surface area contributed by atoms with Gasteiger partial charge in [0.15, 0.2) is 0 Å². The van der Waals surface area contributed by atoms with Gasteiger partial charge in [-0.15, -0.1) is 0 Å². The second-order valence-corrected chi connectivity index (χ2v) is 7.48. The molecule has 1 fully saturated rings. The molecule has 2 nitrogen and oxygen atoms in total. The predicted molar refractivity (Wildman–Crippen MR) is 88.7 cm³/mol. The molecule has 0 aromatic carbocycles. The molecule has 0 aliphatic heterocycles. The van der Waals surface area contributed by atoms with Crippen molar-refractivity contribution in [2.75, 3.05) is 13.6 Å². The first kappa shape index (κ1) is 16.0. The number of halogens is 1. The molecule has 1 heterocycles. The normalized spacial score (nSPS) is 26.9. The van der Waals surface area contributed by atoms with Gasteiger partial charge >= 0.3 is 0 Å². The van der Waals surface area contributed by atoms with Crippen LogP contribution in [0.1, 0.15) is 38.8 Å². The second-order valence-electron chi connectivity index (χ2n) is 6.57. The zero-order chi connectivity index (χ0) is 14.5. The summed E-state index contributed by atoms with van der Waals surface area (Å²) in [5, 5.41) is 3.38. The highest BCUT2D eigenvalue weighted by atomic mass is 79.9. The van der Waals surface area contributed by atoms with Crippen molar-refractivity contribution in [3.63, 3.8) is 0 Å². The fourth-order valence-corrected chi connectivity index (χ4v) is 3.78. The van der Waals surface area contributed by atoms with Crippen molar-refractivity contribution in [1.29, 1.82) is 0 Å². The fraction of sp³-hybridized carbons (Fsp3) is 0.706. The predicted octanol–water partition coefficient (Wildman–Crippen LogP) is 4.29. The third kappa shape index (κ3) is 4.29. The number of hydrogen-bond acceptors (Lipinski definition) is 2. The Labute approximate surface area is 131 Å². The highest BCUT2D eigenvalue weighted by Crippen LogP contribution is 2.38. The van der Waals surface area contributed by atoms with Crippen molar-refractivity contribution < 1.29 is 0 Å². The SMILES string of the molecule is CNCC1CCC(C(C)C)CC1Cc1ccc(Br)cn1. The third-order valence-electron chi connectivity index (χ3n) is 4.85. The summed E-state index contributed by atoms with van der Waals surface area (Å²) in [5.41, 5.74) is 1.24. The molecule has 1 aromatic rings. The van der Waals surface area contributed by atoms with E-state index in [-0.39, 0.29) is 0 Å². The molecule has 0 spiro atoms. The van der Waals surface area contributed by atoms with Gasteiger partial charge in [0.05, 0.1) is 0 Å². The molecule has 0 saturated heterocycles. The van der Waals surface area contributed by atoms with Gasteiger partial charge in [-0.25, -0.2) is 0 Å². The lowest BCUT2D eigenvalue weighted by atomic mass is 9.69. The number of aromatic nitrogens is 1. The summed E-state index contributed by atoms with van der Waals surface area (Å²) in [6, 6.07) is 4.28. The number of pyridine rings is 1. The summed E-state index contributed by atoms with van der Waals surface area (Å²) in [4.78, 5) is 4.57. The zero-order valence-corrected chi connectivity index (χ0v) is 14.5. The minimum Gasteiger partial charge on any atom is -0.319 e. The Morgan fingerprint density at radius 1 is 1.30 bits per heavy atom. The standard InChI is InChI=1S/C17H27BrN2/c1-12(2)13-4-5-14(10-19-3)15(8-13)9-17-7-6-16(18)11-20-17/h6-7,11-15,19H,4-5,8-10H2,1-3H3. The van der Waals surface area contributed by atoms with E-state index in [0.29, 0.717) is 0 Å². The molecule has 3 atom stereocenters. The van der Waals surface area contributed by atoms with E-state index in [1.54, 1.807) is 0 Å². The molecule has 3 heteroatoms. The van der Waals surface area contributed by atoms with Crippen LogP contribution in [0.3, 0.4) is 0 Å². The maximum Gasteiger partial charge on any atom is 0.0413 e. The Kier molecular flexibility index (Phi) is 6.03. The molecule has 0 bridgehead atoms. The van der Waals surface area contributed by atoms with Gasteiger partial charge in [-0.3, -0.25) is 4.98 Å². The molecule has 112 valence electrons. The van der Waals surface area contributed by atoms with Crippen molar-refractivity contribution in [2.45, 2.75) is 39.5 Å². The van der Waals surface area contributed by atoms with Gasteiger partial charge in [0.25, 0.3) is 0 Å². The number of hydrogen-bond donors (Lipinski definition) is 1. The Balaban J connectivity index is 2.04. The summed E-state index contributed by atoms with van der Waals surface area (Å²) in [7, 11) is 2.07. The van der Waals surface area contributed by atoms with Gasteiger partial charge < -0.3 is 5.32 Å². The van der Waals surface area contributed by atoms with E-state index in [9.17, 15) is 0 Å².